The Morgan fingerprint density at radius 1 is 1.17 bits per heavy atom. The van der Waals surface area contributed by atoms with E-state index in [1.165, 1.54) is 0 Å². The maximum atomic E-state index is 11.2. The van der Waals surface area contributed by atoms with E-state index >= 15 is 0 Å². The van der Waals surface area contributed by atoms with Crippen LogP contribution in [0.1, 0.15) is 12.0 Å². The third-order valence-electron chi connectivity index (χ3n) is 3.02. The molecule has 1 amide bonds. The fraction of sp³-hybridized carbons (Fsp3) is 0.176. The highest BCUT2D eigenvalue weighted by Gasteiger charge is 2.04. The van der Waals surface area contributed by atoms with Crippen LogP contribution < -0.4 is 10.1 Å². The summed E-state index contributed by atoms with van der Waals surface area (Å²) in [4.78, 5) is 11.2. The largest absolute Gasteiger partial charge is 0.456 e. The van der Waals surface area contributed by atoms with Crippen molar-refractivity contribution in [1.29, 1.82) is 5.26 Å². The standard InChI is InChI=1S/C17H14Cl2N2O2/c18-13-3-6-16(15(19)11-13)23-14-4-1-12(2-5-14)8-10-21-17(22)7-9-20/h1-6,11H,7-8,10H2,(H,21,22). The van der Waals surface area contributed by atoms with Crippen molar-refractivity contribution >= 4 is 29.1 Å². The van der Waals surface area contributed by atoms with Crippen LogP contribution in [0, 0.1) is 11.3 Å². The molecule has 0 aromatic heterocycles. The number of nitrogens with zero attached hydrogens (tertiary/aromatic N) is 1. The summed E-state index contributed by atoms with van der Waals surface area (Å²) in [5, 5.41) is 12.1. The zero-order chi connectivity index (χ0) is 16.7. The van der Waals surface area contributed by atoms with Gasteiger partial charge in [-0.05, 0) is 42.3 Å². The lowest BCUT2D eigenvalue weighted by atomic mass is 10.1. The molecule has 0 saturated carbocycles. The highest BCUT2D eigenvalue weighted by Crippen LogP contribution is 2.31. The summed E-state index contributed by atoms with van der Waals surface area (Å²) in [6.45, 7) is 0.490. The molecule has 118 valence electrons. The van der Waals surface area contributed by atoms with E-state index in [0.29, 0.717) is 34.5 Å². The van der Waals surface area contributed by atoms with Gasteiger partial charge in [0.05, 0.1) is 11.1 Å². The van der Waals surface area contributed by atoms with Crippen molar-refractivity contribution in [3.05, 3.63) is 58.1 Å². The highest BCUT2D eigenvalue weighted by atomic mass is 35.5. The van der Waals surface area contributed by atoms with Gasteiger partial charge in [-0.15, -0.1) is 0 Å². The minimum Gasteiger partial charge on any atom is -0.456 e. The van der Waals surface area contributed by atoms with E-state index in [9.17, 15) is 4.79 Å². The van der Waals surface area contributed by atoms with E-state index in [-0.39, 0.29) is 12.3 Å². The van der Waals surface area contributed by atoms with Crippen LogP contribution in [0.15, 0.2) is 42.5 Å². The zero-order valence-electron chi connectivity index (χ0n) is 12.2. The summed E-state index contributed by atoms with van der Waals surface area (Å²) in [5.41, 5.74) is 1.05. The van der Waals surface area contributed by atoms with Gasteiger partial charge in [0.15, 0.2) is 0 Å². The van der Waals surface area contributed by atoms with Gasteiger partial charge in [0, 0.05) is 11.6 Å². The van der Waals surface area contributed by atoms with Crippen molar-refractivity contribution < 1.29 is 9.53 Å². The van der Waals surface area contributed by atoms with Crippen LogP contribution in [0.25, 0.3) is 0 Å². The first-order valence-electron chi connectivity index (χ1n) is 6.94. The van der Waals surface area contributed by atoms with Crippen LogP contribution in [-0.4, -0.2) is 12.5 Å². The number of nitriles is 1. The van der Waals surface area contributed by atoms with Gasteiger partial charge in [-0.1, -0.05) is 35.3 Å². The van der Waals surface area contributed by atoms with Crippen molar-refractivity contribution in [2.75, 3.05) is 6.54 Å². The number of ether oxygens (including phenoxy) is 1. The van der Waals surface area contributed by atoms with E-state index in [1.807, 2.05) is 30.3 Å². The number of hydrogen-bond acceptors (Lipinski definition) is 3. The molecular weight excluding hydrogens is 335 g/mol. The van der Waals surface area contributed by atoms with Crippen molar-refractivity contribution in [3.63, 3.8) is 0 Å². The van der Waals surface area contributed by atoms with E-state index in [1.54, 1.807) is 18.2 Å². The van der Waals surface area contributed by atoms with Gasteiger partial charge in [-0.25, -0.2) is 0 Å². The number of halogens is 2. The molecule has 2 aromatic carbocycles. The van der Waals surface area contributed by atoms with Gasteiger partial charge >= 0.3 is 0 Å². The van der Waals surface area contributed by atoms with Crippen molar-refractivity contribution in [1.82, 2.24) is 5.32 Å². The quantitative estimate of drug-likeness (QED) is 0.843. The lowest BCUT2D eigenvalue weighted by Crippen LogP contribution is -2.24. The number of rotatable bonds is 6. The monoisotopic (exact) mass is 348 g/mol. The number of nitrogens with one attached hydrogen (secondary N) is 1. The van der Waals surface area contributed by atoms with Crippen LogP contribution in [0.3, 0.4) is 0 Å². The molecule has 0 saturated heterocycles. The first kappa shape index (κ1) is 17.1. The smallest absolute Gasteiger partial charge is 0.234 e. The van der Waals surface area contributed by atoms with Crippen molar-refractivity contribution in [2.24, 2.45) is 0 Å². The molecule has 23 heavy (non-hydrogen) atoms. The molecule has 0 unspecified atom stereocenters. The highest BCUT2D eigenvalue weighted by molar-refractivity contribution is 6.35. The second kappa shape index (κ2) is 8.42. The average molecular weight is 349 g/mol. The maximum Gasteiger partial charge on any atom is 0.234 e. The molecule has 1 N–H and O–H groups in total. The summed E-state index contributed by atoms with van der Waals surface area (Å²) in [6.07, 6.45) is 0.563. The van der Waals surface area contributed by atoms with Crippen LogP contribution in [0.2, 0.25) is 10.0 Å². The summed E-state index contributed by atoms with van der Waals surface area (Å²) in [5.74, 6) is 0.934. The van der Waals surface area contributed by atoms with Gasteiger partial charge < -0.3 is 10.1 Å². The minimum atomic E-state index is -0.259. The van der Waals surface area contributed by atoms with Crippen molar-refractivity contribution in [2.45, 2.75) is 12.8 Å². The molecule has 2 aromatic rings. The van der Waals surface area contributed by atoms with Gasteiger partial charge in [0.1, 0.15) is 17.9 Å². The normalized spacial score (nSPS) is 9.96. The Bertz CT molecular complexity index is 724. The lowest BCUT2D eigenvalue weighted by Gasteiger charge is -2.09. The molecule has 0 aliphatic carbocycles. The molecule has 4 nitrogen and oxygen atoms in total. The zero-order valence-corrected chi connectivity index (χ0v) is 13.7. The fourth-order valence-corrected chi connectivity index (χ4v) is 2.34. The SMILES string of the molecule is N#CCC(=O)NCCc1ccc(Oc2ccc(Cl)cc2Cl)cc1. The van der Waals surface area contributed by atoms with E-state index < -0.39 is 0 Å². The number of carbonyl (C=O) groups excluding carboxylic acids is 1. The molecule has 0 aliphatic rings. The van der Waals surface area contributed by atoms with Gasteiger partial charge in [0.25, 0.3) is 0 Å². The first-order valence-corrected chi connectivity index (χ1v) is 7.69. The molecule has 0 bridgehead atoms. The average Bonchev–Trinajstić information content (AvgIpc) is 2.52. The molecular formula is C17H14Cl2N2O2. The second-order valence-corrected chi connectivity index (χ2v) is 5.60. The number of carbonyl (C=O) groups is 1. The van der Waals surface area contributed by atoms with Crippen LogP contribution in [-0.2, 0) is 11.2 Å². The molecule has 0 spiro atoms. The Balaban J connectivity index is 1.89. The number of amides is 1. The summed E-state index contributed by atoms with van der Waals surface area (Å²) >= 11 is 11.9. The summed E-state index contributed by atoms with van der Waals surface area (Å²) < 4.78 is 5.70. The summed E-state index contributed by atoms with van der Waals surface area (Å²) in [7, 11) is 0. The number of benzene rings is 2. The predicted molar refractivity (Wildman–Crippen MR) is 89.9 cm³/mol. The molecule has 0 radical (unpaired) electrons. The second-order valence-electron chi connectivity index (χ2n) is 4.76. The number of hydrogen-bond donors (Lipinski definition) is 1. The molecule has 6 heteroatoms. The van der Waals surface area contributed by atoms with E-state index in [2.05, 4.69) is 5.32 Å². The first-order chi connectivity index (χ1) is 11.1. The molecule has 0 atom stereocenters. The maximum absolute atomic E-state index is 11.2. The third kappa shape index (κ3) is 5.48. The third-order valence-corrected chi connectivity index (χ3v) is 3.55. The van der Waals surface area contributed by atoms with Gasteiger partial charge in [0.2, 0.25) is 5.91 Å². The van der Waals surface area contributed by atoms with Gasteiger partial charge in [-0.3, -0.25) is 4.79 Å². The predicted octanol–water partition coefficient (Wildman–Crippen LogP) is 4.36. The topological polar surface area (TPSA) is 62.1 Å². The van der Waals surface area contributed by atoms with Crippen molar-refractivity contribution in [3.8, 4) is 17.6 Å². The molecule has 2 rings (SSSR count). The van der Waals surface area contributed by atoms with E-state index in [4.69, 9.17) is 33.2 Å². The molecule has 0 heterocycles. The van der Waals surface area contributed by atoms with E-state index in [0.717, 1.165) is 5.56 Å². The fourth-order valence-electron chi connectivity index (χ4n) is 1.89. The Kier molecular flexibility index (Phi) is 6.28. The Morgan fingerprint density at radius 2 is 1.91 bits per heavy atom. The molecule has 0 aliphatic heterocycles. The molecule has 0 fully saturated rings. The van der Waals surface area contributed by atoms with Gasteiger partial charge in [-0.2, -0.15) is 5.26 Å². The Morgan fingerprint density at radius 3 is 2.57 bits per heavy atom. The summed E-state index contributed by atoms with van der Waals surface area (Å²) in [6, 6.07) is 14.3. The Hall–Kier alpha value is -2.22. The van der Waals surface area contributed by atoms with Crippen LogP contribution in [0.5, 0.6) is 11.5 Å². The lowest BCUT2D eigenvalue weighted by molar-refractivity contribution is -0.120. The minimum absolute atomic E-state index is 0.116. The van der Waals surface area contributed by atoms with Crippen LogP contribution >= 0.6 is 23.2 Å². The van der Waals surface area contributed by atoms with Crippen LogP contribution in [0.4, 0.5) is 0 Å². The Labute approximate surface area is 144 Å².